The van der Waals surface area contributed by atoms with E-state index in [0.717, 1.165) is 13.2 Å². The van der Waals surface area contributed by atoms with Crippen molar-refractivity contribution in [2.75, 3.05) is 20.3 Å². The van der Waals surface area contributed by atoms with Crippen molar-refractivity contribution in [3.05, 3.63) is 34.4 Å². The second-order valence-electron chi connectivity index (χ2n) is 5.54. The smallest absolute Gasteiger partial charge is 0.0512 e. The minimum absolute atomic E-state index is 0.421. The van der Waals surface area contributed by atoms with Crippen molar-refractivity contribution in [2.45, 2.75) is 39.7 Å². The Bertz CT molecular complexity index is 408. The van der Waals surface area contributed by atoms with Crippen molar-refractivity contribution < 1.29 is 4.74 Å². The van der Waals surface area contributed by atoms with Crippen LogP contribution in [0, 0.1) is 26.7 Å². The van der Waals surface area contributed by atoms with E-state index >= 15 is 0 Å². The molecule has 2 heteroatoms. The maximum atomic E-state index is 5.64. The molecule has 1 heterocycles. The average Bonchev–Trinajstić information content (AvgIpc) is 2.38. The van der Waals surface area contributed by atoms with Gasteiger partial charge in [0.25, 0.3) is 0 Å². The Balaban J connectivity index is 2.28. The highest BCUT2D eigenvalue weighted by molar-refractivity contribution is 5.38. The molecule has 1 N–H and O–H groups in total. The van der Waals surface area contributed by atoms with E-state index in [1.807, 2.05) is 0 Å². The second kappa shape index (κ2) is 5.85. The Morgan fingerprint density at radius 1 is 1.17 bits per heavy atom. The number of ether oxygens (including phenoxy) is 1. The van der Waals surface area contributed by atoms with E-state index in [9.17, 15) is 0 Å². The van der Waals surface area contributed by atoms with Crippen molar-refractivity contribution >= 4 is 0 Å². The molecule has 1 aromatic rings. The molecule has 18 heavy (non-hydrogen) atoms. The molecule has 2 nitrogen and oxygen atoms in total. The van der Waals surface area contributed by atoms with E-state index in [2.05, 4.69) is 45.3 Å². The van der Waals surface area contributed by atoms with Gasteiger partial charge in [-0.1, -0.05) is 12.1 Å². The van der Waals surface area contributed by atoms with Gasteiger partial charge in [-0.25, -0.2) is 0 Å². The zero-order valence-corrected chi connectivity index (χ0v) is 12.0. The van der Waals surface area contributed by atoms with E-state index < -0.39 is 0 Å². The molecule has 100 valence electrons. The van der Waals surface area contributed by atoms with Gasteiger partial charge >= 0.3 is 0 Å². The first-order valence-corrected chi connectivity index (χ1v) is 6.96. The normalized spacial score (nSPS) is 21.9. The molecule has 0 amide bonds. The molecule has 0 radical (unpaired) electrons. The molecule has 1 aromatic carbocycles. The van der Waals surface area contributed by atoms with Gasteiger partial charge in [0.1, 0.15) is 0 Å². The number of hydrogen-bond acceptors (Lipinski definition) is 2. The number of rotatable bonds is 3. The highest BCUT2D eigenvalue weighted by Crippen LogP contribution is 2.31. The first kappa shape index (κ1) is 13.6. The summed E-state index contributed by atoms with van der Waals surface area (Å²) in [7, 11) is 2.06. The lowest BCUT2D eigenvalue weighted by Crippen LogP contribution is -2.32. The van der Waals surface area contributed by atoms with Crippen LogP contribution < -0.4 is 5.32 Å². The van der Waals surface area contributed by atoms with Crippen molar-refractivity contribution in [1.82, 2.24) is 5.32 Å². The van der Waals surface area contributed by atoms with E-state index in [1.165, 1.54) is 35.1 Å². The van der Waals surface area contributed by atoms with Crippen LogP contribution in [0.4, 0.5) is 0 Å². The van der Waals surface area contributed by atoms with Crippen molar-refractivity contribution in [3.63, 3.8) is 0 Å². The van der Waals surface area contributed by atoms with Crippen LogP contribution in [-0.2, 0) is 4.74 Å². The minimum atomic E-state index is 0.421. The van der Waals surface area contributed by atoms with Crippen LogP contribution in [0.2, 0.25) is 0 Å². The molecule has 1 aliphatic rings. The van der Waals surface area contributed by atoms with Crippen molar-refractivity contribution in [2.24, 2.45) is 5.92 Å². The molecular formula is C16H25NO. The first-order chi connectivity index (χ1) is 8.63. The van der Waals surface area contributed by atoms with Crippen molar-refractivity contribution in [1.29, 1.82) is 0 Å². The molecule has 1 fully saturated rings. The lowest BCUT2D eigenvalue weighted by Gasteiger charge is -2.31. The van der Waals surface area contributed by atoms with Gasteiger partial charge in [-0.2, -0.15) is 0 Å². The van der Waals surface area contributed by atoms with Gasteiger partial charge in [0, 0.05) is 18.6 Å². The second-order valence-corrected chi connectivity index (χ2v) is 5.54. The summed E-state index contributed by atoms with van der Waals surface area (Å²) < 4.78 is 5.64. The third kappa shape index (κ3) is 2.76. The number of benzene rings is 1. The first-order valence-electron chi connectivity index (χ1n) is 6.96. The molecule has 0 spiro atoms. The van der Waals surface area contributed by atoms with Crippen molar-refractivity contribution in [3.8, 4) is 0 Å². The molecular weight excluding hydrogens is 222 g/mol. The van der Waals surface area contributed by atoms with Gasteiger partial charge in [-0.05, 0) is 62.9 Å². The SMILES string of the molecule is CNC(c1cc(C)c(C)cc1C)C1CCCOC1. The van der Waals surface area contributed by atoms with Crippen LogP contribution in [0.5, 0.6) is 0 Å². The highest BCUT2D eigenvalue weighted by atomic mass is 16.5. The lowest BCUT2D eigenvalue weighted by molar-refractivity contribution is 0.0401. The Kier molecular flexibility index (Phi) is 4.41. The van der Waals surface area contributed by atoms with Crippen LogP contribution in [0.15, 0.2) is 12.1 Å². The Labute approximate surface area is 111 Å². The van der Waals surface area contributed by atoms with Crippen LogP contribution in [-0.4, -0.2) is 20.3 Å². The average molecular weight is 247 g/mol. The third-order valence-electron chi connectivity index (χ3n) is 4.20. The van der Waals surface area contributed by atoms with Gasteiger partial charge in [0.05, 0.1) is 6.61 Å². The van der Waals surface area contributed by atoms with E-state index in [1.54, 1.807) is 0 Å². The molecule has 0 bridgehead atoms. The summed E-state index contributed by atoms with van der Waals surface area (Å²) in [6.45, 7) is 8.42. The monoisotopic (exact) mass is 247 g/mol. The number of nitrogens with one attached hydrogen (secondary N) is 1. The van der Waals surface area contributed by atoms with Crippen LogP contribution in [0.25, 0.3) is 0 Å². The van der Waals surface area contributed by atoms with Gasteiger partial charge in [-0.3, -0.25) is 0 Å². The highest BCUT2D eigenvalue weighted by Gasteiger charge is 2.25. The fraction of sp³-hybridized carbons (Fsp3) is 0.625. The summed E-state index contributed by atoms with van der Waals surface area (Å²) in [4.78, 5) is 0. The molecule has 2 unspecified atom stereocenters. The van der Waals surface area contributed by atoms with E-state index in [-0.39, 0.29) is 0 Å². The molecule has 2 rings (SSSR count). The quantitative estimate of drug-likeness (QED) is 0.885. The summed E-state index contributed by atoms with van der Waals surface area (Å²) in [5.41, 5.74) is 5.60. The maximum Gasteiger partial charge on any atom is 0.0512 e. The van der Waals surface area contributed by atoms with Gasteiger partial charge in [0.2, 0.25) is 0 Å². The zero-order valence-electron chi connectivity index (χ0n) is 12.0. The largest absolute Gasteiger partial charge is 0.381 e. The maximum absolute atomic E-state index is 5.64. The third-order valence-corrected chi connectivity index (χ3v) is 4.20. The Morgan fingerprint density at radius 2 is 1.89 bits per heavy atom. The predicted molar refractivity (Wildman–Crippen MR) is 76.0 cm³/mol. The molecule has 2 atom stereocenters. The predicted octanol–water partition coefficient (Wildman–Crippen LogP) is 3.30. The summed E-state index contributed by atoms with van der Waals surface area (Å²) >= 11 is 0. The standard InChI is InChI=1S/C16H25NO/c1-11-8-13(3)15(9-12(11)2)16(17-4)14-6-5-7-18-10-14/h8-9,14,16-17H,5-7,10H2,1-4H3. The van der Waals surface area contributed by atoms with Crippen LogP contribution >= 0.6 is 0 Å². The summed E-state index contributed by atoms with van der Waals surface area (Å²) in [6.07, 6.45) is 2.45. The fourth-order valence-electron chi connectivity index (χ4n) is 2.99. The summed E-state index contributed by atoms with van der Waals surface area (Å²) in [5.74, 6) is 0.601. The summed E-state index contributed by atoms with van der Waals surface area (Å²) in [5, 5.41) is 3.50. The topological polar surface area (TPSA) is 21.3 Å². The Morgan fingerprint density at radius 3 is 2.50 bits per heavy atom. The minimum Gasteiger partial charge on any atom is -0.381 e. The van der Waals surface area contributed by atoms with Gasteiger partial charge in [-0.15, -0.1) is 0 Å². The number of hydrogen-bond donors (Lipinski definition) is 1. The van der Waals surface area contributed by atoms with Crippen LogP contribution in [0.3, 0.4) is 0 Å². The van der Waals surface area contributed by atoms with Crippen LogP contribution in [0.1, 0.15) is 41.1 Å². The number of aryl methyl sites for hydroxylation is 3. The molecule has 0 saturated carbocycles. The van der Waals surface area contributed by atoms with E-state index in [4.69, 9.17) is 4.74 Å². The molecule has 1 aliphatic heterocycles. The van der Waals surface area contributed by atoms with Gasteiger partial charge < -0.3 is 10.1 Å². The lowest BCUT2D eigenvalue weighted by atomic mass is 9.85. The fourth-order valence-corrected chi connectivity index (χ4v) is 2.99. The zero-order chi connectivity index (χ0) is 13.1. The molecule has 1 saturated heterocycles. The molecule has 0 aromatic heterocycles. The molecule has 0 aliphatic carbocycles. The Hall–Kier alpha value is -0.860. The van der Waals surface area contributed by atoms with E-state index in [0.29, 0.717) is 12.0 Å². The van der Waals surface area contributed by atoms with Gasteiger partial charge in [0.15, 0.2) is 0 Å². The summed E-state index contributed by atoms with van der Waals surface area (Å²) in [6, 6.07) is 5.07.